The minimum Gasteiger partial charge on any atom is -0.380 e. The number of benzene rings is 2. The molecule has 0 N–H and O–H groups in total. The Hall–Kier alpha value is -0.890. The van der Waals surface area contributed by atoms with E-state index < -0.39 is 7.14 Å². The molecule has 2 unspecified atom stereocenters. The first kappa shape index (κ1) is 15.5. The van der Waals surface area contributed by atoms with Gasteiger partial charge in [-0.25, -0.2) is 0 Å². The van der Waals surface area contributed by atoms with Crippen molar-refractivity contribution >= 4 is 33.7 Å². The van der Waals surface area contributed by atoms with Crippen molar-refractivity contribution in [2.24, 2.45) is 0 Å². The van der Waals surface area contributed by atoms with Crippen molar-refractivity contribution in [1.82, 2.24) is 0 Å². The molecule has 0 spiro atoms. The van der Waals surface area contributed by atoms with E-state index in [-0.39, 0.29) is 10.7 Å². The molecule has 2 atom stereocenters. The quantitative estimate of drug-likeness (QED) is 0.605. The van der Waals surface area contributed by atoms with Crippen LogP contribution in [0.1, 0.15) is 6.92 Å². The minimum absolute atomic E-state index is 0.152. The maximum Gasteiger partial charge on any atom is 0.158 e. The van der Waals surface area contributed by atoms with Crippen molar-refractivity contribution in [2.45, 2.75) is 17.6 Å². The summed E-state index contributed by atoms with van der Waals surface area (Å²) in [5, 5.41) is 1.69. The van der Waals surface area contributed by atoms with Crippen molar-refractivity contribution in [3.63, 3.8) is 0 Å². The molecular formula is C16H18BrO2P. The van der Waals surface area contributed by atoms with Crippen molar-refractivity contribution < 1.29 is 9.30 Å². The molecule has 2 nitrogen and oxygen atoms in total. The van der Waals surface area contributed by atoms with Crippen molar-refractivity contribution in [1.29, 1.82) is 0 Å². The first-order valence-electron chi connectivity index (χ1n) is 6.48. The fraction of sp³-hybridized carbons (Fsp3) is 0.250. The van der Waals surface area contributed by atoms with E-state index >= 15 is 0 Å². The number of ether oxygens (including phenoxy) is 1. The molecule has 2 aromatic carbocycles. The number of hydrogen-bond donors (Lipinski definition) is 0. The van der Waals surface area contributed by atoms with Crippen LogP contribution in [-0.4, -0.2) is 17.8 Å². The second-order valence-electron chi connectivity index (χ2n) is 4.64. The van der Waals surface area contributed by atoms with Gasteiger partial charge in [0.25, 0.3) is 0 Å². The molecular weight excluding hydrogens is 335 g/mol. The van der Waals surface area contributed by atoms with E-state index in [2.05, 4.69) is 15.9 Å². The highest BCUT2D eigenvalue weighted by molar-refractivity contribution is 9.11. The summed E-state index contributed by atoms with van der Waals surface area (Å²) in [5.74, 6) is 0. The maximum atomic E-state index is 13.8. The highest BCUT2D eigenvalue weighted by atomic mass is 79.9. The number of methoxy groups -OCH3 is 1. The van der Waals surface area contributed by atoms with E-state index in [0.717, 1.165) is 10.6 Å². The SMILES string of the molecule is COC(C)C(Br)P(=O)(c1ccccc1)c1ccccc1. The van der Waals surface area contributed by atoms with Crippen LogP contribution in [0.5, 0.6) is 0 Å². The smallest absolute Gasteiger partial charge is 0.158 e. The second-order valence-corrected chi connectivity index (χ2v) is 9.24. The van der Waals surface area contributed by atoms with E-state index in [1.807, 2.05) is 67.6 Å². The van der Waals surface area contributed by atoms with Gasteiger partial charge in [-0.2, -0.15) is 0 Å². The Bertz CT molecular complexity index is 542. The van der Waals surface area contributed by atoms with E-state index in [1.54, 1.807) is 7.11 Å². The maximum absolute atomic E-state index is 13.8. The monoisotopic (exact) mass is 352 g/mol. The standard InChI is InChI=1S/C16H18BrO2P/c1-13(19-2)16(17)20(18,14-9-5-3-6-10-14)15-11-7-4-8-12-15/h3-13,16H,1-2H3. The molecule has 0 bridgehead atoms. The van der Waals surface area contributed by atoms with Crippen LogP contribution in [0.2, 0.25) is 0 Å². The third-order valence-electron chi connectivity index (χ3n) is 3.39. The molecule has 4 heteroatoms. The molecule has 0 saturated carbocycles. The van der Waals surface area contributed by atoms with Crippen LogP contribution in [0, 0.1) is 0 Å². The molecule has 0 aromatic heterocycles. The zero-order valence-corrected chi connectivity index (χ0v) is 14.1. The van der Waals surface area contributed by atoms with E-state index in [4.69, 9.17) is 4.74 Å². The number of hydrogen-bond acceptors (Lipinski definition) is 2. The van der Waals surface area contributed by atoms with Crippen molar-refractivity contribution in [2.75, 3.05) is 7.11 Å². The summed E-state index contributed by atoms with van der Waals surface area (Å²) in [5.41, 5.74) is 0. The lowest BCUT2D eigenvalue weighted by atomic mass is 10.4. The van der Waals surface area contributed by atoms with Crippen LogP contribution in [0.15, 0.2) is 60.7 Å². The molecule has 0 aliphatic heterocycles. The van der Waals surface area contributed by atoms with Crippen LogP contribution in [0.4, 0.5) is 0 Å². The van der Waals surface area contributed by atoms with Crippen LogP contribution in [0.25, 0.3) is 0 Å². The molecule has 0 aliphatic carbocycles. The zero-order chi connectivity index (χ0) is 14.6. The predicted molar refractivity (Wildman–Crippen MR) is 88.9 cm³/mol. The molecule has 0 radical (unpaired) electrons. The second kappa shape index (κ2) is 6.71. The molecule has 0 aliphatic rings. The largest absolute Gasteiger partial charge is 0.380 e. The Labute approximate surface area is 128 Å². The number of rotatable bonds is 5. The Kier molecular flexibility index (Phi) is 5.20. The van der Waals surface area contributed by atoms with Gasteiger partial charge in [0.15, 0.2) is 7.14 Å². The first-order valence-corrected chi connectivity index (χ1v) is 9.17. The molecule has 2 aromatic rings. The lowest BCUT2D eigenvalue weighted by Gasteiger charge is -2.28. The summed E-state index contributed by atoms with van der Waals surface area (Å²) in [6.45, 7) is 1.93. The Morgan fingerprint density at radius 3 is 1.70 bits per heavy atom. The lowest BCUT2D eigenvalue weighted by molar-refractivity contribution is 0.131. The third kappa shape index (κ3) is 2.90. The van der Waals surface area contributed by atoms with E-state index in [0.29, 0.717) is 0 Å². The fourth-order valence-corrected chi connectivity index (χ4v) is 6.59. The van der Waals surface area contributed by atoms with E-state index in [1.165, 1.54) is 0 Å². The number of halogens is 1. The van der Waals surface area contributed by atoms with Gasteiger partial charge in [0.1, 0.15) is 4.57 Å². The van der Waals surface area contributed by atoms with Gasteiger partial charge in [-0.1, -0.05) is 76.6 Å². The highest BCUT2D eigenvalue weighted by Gasteiger charge is 2.38. The van der Waals surface area contributed by atoms with Gasteiger partial charge in [-0.05, 0) is 6.92 Å². The van der Waals surface area contributed by atoms with Crippen LogP contribution in [-0.2, 0) is 9.30 Å². The van der Waals surface area contributed by atoms with Gasteiger partial charge >= 0.3 is 0 Å². The van der Waals surface area contributed by atoms with Crippen LogP contribution >= 0.6 is 23.1 Å². The lowest BCUT2D eigenvalue weighted by Crippen LogP contribution is -2.30. The van der Waals surface area contributed by atoms with Gasteiger partial charge < -0.3 is 9.30 Å². The summed E-state index contributed by atoms with van der Waals surface area (Å²) in [4.78, 5) is 0. The average Bonchev–Trinajstić information content (AvgIpc) is 2.54. The van der Waals surface area contributed by atoms with Gasteiger partial charge in [0.05, 0.1) is 6.10 Å². The molecule has 2 rings (SSSR count). The molecule has 0 amide bonds. The van der Waals surface area contributed by atoms with Gasteiger partial charge in [0.2, 0.25) is 0 Å². The summed E-state index contributed by atoms with van der Waals surface area (Å²) in [6.07, 6.45) is -0.152. The zero-order valence-electron chi connectivity index (χ0n) is 11.6. The Balaban J connectivity index is 2.58. The normalized spacial score (nSPS) is 14.8. The summed E-state index contributed by atoms with van der Waals surface area (Å²) >= 11 is 3.61. The van der Waals surface area contributed by atoms with Gasteiger partial charge in [-0.15, -0.1) is 0 Å². The minimum atomic E-state index is -2.80. The average molecular weight is 353 g/mol. The van der Waals surface area contributed by atoms with Gasteiger partial charge in [-0.3, -0.25) is 0 Å². The molecule has 0 heterocycles. The van der Waals surface area contributed by atoms with Crippen LogP contribution in [0.3, 0.4) is 0 Å². The summed E-state index contributed by atoms with van der Waals surface area (Å²) in [6, 6.07) is 19.2. The highest BCUT2D eigenvalue weighted by Crippen LogP contribution is 2.53. The Morgan fingerprint density at radius 1 is 0.950 bits per heavy atom. The first-order chi connectivity index (χ1) is 9.60. The summed E-state index contributed by atoms with van der Waals surface area (Å²) < 4.78 is 18.9. The van der Waals surface area contributed by atoms with E-state index in [9.17, 15) is 4.57 Å². The molecule has 0 fully saturated rings. The summed E-state index contributed by atoms with van der Waals surface area (Å²) in [7, 11) is -1.16. The van der Waals surface area contributed by atoms with Gasteiger partial charge in [0, 0.05) is 17.7 Å². The predicted octanol–water partition coefficient (Wildman–Crippen LogP) is 3.76. The number of alkyl halides is 1. The topological polar surface area (TPSA) is 26.3 Å². The van der Waals surface area contributed by atoms with Crippen LogP contribution < -0.4 is 10.6 Å². The molecule has 106 valence electrons. The molecule has 20 heavy (non-hydrogen) atoms. The fourth-order valence-electron chi connectivity index (χ4n) is 2.14. The van der Waals surface area contributed by atoms with Crippen molar-refractivity contribution in [3.05, 3.63) is 60.7 Å². The Morgan fingerprint density at radius 2 is 1.35 bits per heavy atom. The molecule has 0 saturated heterocycles. The third-order valence-corrected chi connectivity index (χ3v) is 9.11. The van der Waals surface area contributed by atoms with Crippen molar-refractivity contribution in [3.8, 4) is 0 Å².